The van der Waals surface area contributed by atoms with Gasteiger partial charge in [0.15, 0.2) is 6.54 Å². The molecule has 2 N–H and O–H groups in total. The smallest absolute Gasteiger partial charge is 0.263 e. The van der Waals surface area contributed by atoms with Crippen molar-refractivity contribution in [3.05, 3.63) is 63.1 Å². The van der Waals surface area contributed by atoms with Crippen molar-refractivity contribution in [2.24, 2.45) is 0 Å². The number of nitrogens with zero attached hydrogens (tertiary/aromatic N) is 2. The fourth-order valence-electron chi connectivity index (χ4n) is 4.55. The standard InChI is InChI=1S/C27H30ClN3O8S4/c1-3-18(12-27-31(15-21(33)16-43(37,38)39)22-13-19(28)5-7-24(22)41-27)11-26-30(9-4-10-42(34,35)36)23-14-20(29-17(2)32)6-8-25(23)40-26/h5-8,11-14,21,33H,3-4,9-10,15-16H2,1-2H3,(H2-,29,32,34,35,36,37,38,39)/p-1. The highest BCUT2D eigenvalue weighted by Gasteiger charge is 2.27. The number of allylic oxidation sites excluding steroid dienone is 2. The summed E-state index contributed by atoms with van der Waals surface area (Å²) >= 11 is 9.09. The number of aliphatic hydroxyl groups is 1. The Morgan fingerprint density at radius 3 is 2.56 bits per heavy atom. The number of aromatic nitrogens is 1. The molecule has 1 aliphatic heterocycles. The summed E-state index contributed by atoms with van der Waals surface area (Å²) in [7, 11) is -9.06. The van der Waals surface area contributed by atoms with Crippen LogP contribution in [0.4, 0.5) is 11.4 Å². The Hall–Kier alpha value is -2.50. The minimum atomic E-state index is -4.65. The first-order chi connectivity index (χ1) is 20.1. The van der Waals surface area contributed by atoms with Gasteiger partial charge in [0.25, 0.3) is 5.01 Å². The van der Waals surface area contributed by atoms with E-state index >= 15 is 0 Å². The molecule has 2 heterocycles. The van der Waals surface area contributed by atoms with E-state index < -0.39 is 37.8 Å². The zero-order chi connectivity index (χ0) is 31.5. The second kappa shape index (κ2) is 13.6. The van der Waals surface area contributed by atoms with E-state index in [1.807, 2.05) is 36.1 Å². The molecule has 0 radical (unpaired) electrons. The monoisotopic (exact) mass is 686 g/mol. The van der Waals surface area contributed by atoms with Crippen molar-refractivity contribution >= 4 is 88.5 Å². The lowest BCUT2D eigenvalue weighted by molar-refractivity contribution is -0.675. The lowest BCUT2D eigenvalue weighted by Crippen LogP contribution is -2.43. The summed E-state index contributed by atoms with van der Waals surface area (Å²) in [6.45, 7) is 3.44. The number of nitrogens with one attached hydrogen (secondary N) is 1. The fourth-order valence-corrected chi connectivity index (χ4v) is 8.05. The van der Waals surface area contributed by atoms with E-state index in [1.54, 1.807) is 28.8 Å². The van der Waals surface area contributed by atoms with Crippen LogP contribution in [-0.4, -0.2) is 61.1 Å². The summed E-state index contributed by atoms with van der Waals surface area (Å²) in [5.41, 5.74) is 2.86. The number of carbonyl (C=O) groups is 1. The zero-order valence-electron chi connectivity index (χ0n) is 23.1. The van der Waals surface area contributed by atoms with Gasteiger partial charge >= 0.3 is 0 Å². The quantitative estimate of drug-likeness (QED) is 0.210. The maximum absolute atomic E-state index is 11.6. The molecule has 1 atom stereocenters. The topological polar surface area (TPSA) is 171 Å². The Morgan fingerprint density at radius 1 is 1.16 bits per heavy atom. The molecule has 0 fully saturated rings. The average Bonchev–Trinajstić information content (AvgIpc) is 3.38. The zero-order valence-corrected chi connectivity index (χ0v) is 27.2. The van der Waals surface area contributed by atoms with Crippen LogP contribution in [-0.2, 0) is 31.6 Å². The molecular formula is C27H29ClN3O8S4-. The van der Waals surface area contributed by atoms with E-state index in [4.69, 9.17) is 11.6 Å². The van der Waals surface area contributed by atoms with Gasteiger partial charge in [-0.3, -0.25) is 4.79 Å². The van der Waals surface area contributed by atoms with Crippen molar-refractivity contribution in [2.75, 3.05) is 28.3 Å². The van der Waals surface area contributed by atoms with Crippen molar-refractivity contribution < 1.29 is 40.4 Å². The Balaban J connectivity index is 1.75. The third-order valence-corrected chi connectivity index (χ3v) is 10.4. The fraction of sp³-hybridized carbons (Fsp3) is 0.333. The molecule has 2 aromatic carbocycles. The molecule has 4 rings (SSSR count). The normalized spacial score (nSPS) is 15.7. The van der Waals surface area contributed by atoms with Gasteiger partial charge in [0.05, 0.1) is 36.7 Å². The van der Waals surface area contributed by atoms with Crippen LogP contribution in [0.2, 0.25) is 5.02 Å². The molecule has 1 aliphatic rings. The predicted octanol–water partition coefficient (Wildman–Crippen LogP) is 3.89. The maximum atomic E-state index is 11.6. The van der Waals surface area contributed by atoms with E-state index in [9.17, 15) is 35.8 Å². The van der Waals surface area contributed by atoms with Gasteiger partial charge in [0.1, 0.15) is 10.8 Å². The molecule has 0 spiro atoms. The van der Waals surface area contributed by atoms with E-state index in [-0.39, 0.29) is 25.4 Å². The van der Waals surface area contributed by atoms with Gasteiger partial charge in [0.2, 0.25) is 11.4 Å². The average molecular weight is 687 g/mol. The van der Waals surface area contributed by atoms with Gasteiger partial charge < -0.3 is 24.4 Å². The first kappa shape index (κ1) is 33.4. The molecule has 3 aromatic rings. The van der Waals surface area contributed by atoms with Crippen LogP contribution in [0.5, 0.6) is 0 Å². The van der Waals surface area contributed by atoms with Crippen LogP contribution in [0.3, 0.4) is 0 Å². The van der Waals surface area contributed by atoms with E-state index in [0.717, 1.165) is 25.9 Å². The number of aliphatic hydroxyl groups excluding tert-OH is 1. The van der Waals surface area contributed by atoms with Crippen molar-refractivity contribution in [1.29, 1.82) is 0 Å². The Labute approximate surface area is 263 Å². The van der Waals surface area contributed by atoms with Crippen LogP contribution < -0.4 is 14.8 Å². The van der Waals surface area contributed by atoms with Gasteiger partial charge in [-0.1, -0.05) is 41.6 Å². The lowest BCUT2D eigenvalue weighted by Gasteiger charge is -2.22. The second-order valence-electron chi connectivity index (χ2n) is 9.83. The van der Waals surface area contributed by atoms with Gasteiger partial charge in [-0.2, -0.15) is 4.57 Å². The molecule has 1 unspecified atom stereocenters. The molecule has 0 bridgehead atoms. The number of hydrogen-bond donors (Lipinski definition) is 2. The molecule has 0 aliphatic carbocycles. The minimum Gasteiger partial charge on any atom is -0.748 e. The van der Waals surface area contributed by atoms with Gasteiger partial charge in [-0.25, -0.2) is 16.8 Å². The minimum absolute atomic E-state index is 0.0935. The lowest BCUT2D eigenvalue weighted by atomic mass is 10.2. The number of rotatable bonds is 12. The largest absolute Gasteiger partial charge is 0.748 e. The van der Waals surface area contributed by atoms with Crippen LogP contribution in [0, 0.1) is 0 Å². The Morgan fingerprint density at radius 2 is 1.91 bits per heavy atom. The van der Waals surface area contributed by atoms with Crippen molar-refractivity contribution in [1.82, 2.24) is 0 Å². The molecule has 0 saturated carbocycles. The third-order valence-electron chi connectivity index (χ3n) is 6.33. The number of carbonyl (C=O) groups excluding carboxylic acids is 1. The van der Waals surface area contributed by atoms with Crippen LogP contribution >= 0.6 is 34.7 Å². The number of anilines is 2. The highest BCUT2D eigenvalue weighted by Crippen LogP contribution is 2.47. The Bertz CT molecular complexity index is 1820. The molecule has 16 heteroatoms. The number of hydrogen-bond acceptors (Lipinski definition) is 11. The molecule has 232 valence electrons. The van der Waals surface area contributed by atoms with Gasteiger partial charge in [0, 0.05) is 47.0 Å². The molecule has 1 amide bonds. The van der Waals surface area contributed by atoms with Crippen LogP contribution in [0.25, 0.3) is 16.3 Å². The van der Waals surface area contributed by atoms with E-state index in [2.05, 4.69) is 5.32 Å². The summed E-state index contributed by atoms with van der Waals surface area (Å²) in [5, 5.41) is 15.1. The van der Waals surface area contributed by atoms with Crippen LogP contribution in [0.15, 0.2) is 58.0 Å². The summed E-state index contributed by atoms with van der Waals surface area (Å²) in [6.07, 6.45) is 3.07. The summed E-state index contributed by atoms with van der Waals surface area (Å²) in [5.74, 6) is -1.70. The predicted molar refractivity (Wildman–Crippen MR) is 167 cm³/mol. The molecule has 1 aromatic heterocycles. The molecular weight excluding hydrogens is 658 g/mol. The number of thioether (sulfide) groups is 1. The molecule has 0 saturated heterocycles. The van der Waals surface area contributed by atoms with Crippen LogP contribution in [0.1, 0.15) is 31.7 Å². The first-order valence-electron chi connectivity index (χ1n) is 13.1. The highest BCUT2D eigenvalue weighted by atomic mass is 35.5. The number of thiazole rings is 1. The van der Waals surface area contributed by atoms with Crippen molar-refractivity contribution in [2.45, 2.75) is 44.2 Å². The maximum Gasteiger partial charge on any atom is 0.263 e. The number of amides is 1. The van der Waals surface area contributed by atoms with E-state index in [0.29, 0.717) is 27.7 Å². The number of fused-ring (bicyclic) bond motifs is 2. The second-order valence-corrected chi connectivity index (χ2v) is 15.4. The highest BCUT2D eigenvalue weighted by molar-refractivity contribution is 8.03. The SMILES string of the molecule is CCC(=Cc1sc2ccc(Cl)cc2[n+]1CC(O)CS(=O)(=O)[O-])C=C1Sc2ccc(NC(C)=O)cc2N1CCCS(=O)(=O)[O-]. The van der Waals surface area contributed by atoms with Gasteiger partial charge in [-0.05, 0) is 54.8 Å². The van der Waals surface area contributed by atoms with Crippen molar-refractivity contribution in [3.63, 3.8) is 0 Å². The van der Waals surface area contributed by atoms with E-state index in [1.165, 1.54) is 30.0 Å². The summed E-state index contributed by atoms with van der Waals surface area (Å²) in [6, 6.07) is 10.7. The van der Waals surface area contributed by atoms with Gasteiger partial charge in [-0.15, -0.1) is 0 Å². The Kier molecular flexibility index (Phi) is 10.6. The molecule has 11 nitrogen and oxygen atoms in total. The molecule has 43 heavy (non-hydrogen) atoms. The third kappa shape index (κ3) is 9.25. The van der Waals surface area contributed by atoms with Crippen molar-refractivity contribution in [3.8, 4) is 0 Å². The number of halogens is 1. The number of benzene rings is 2. The summed E-state index contributed by atoms with van der Waals surface area (Å²) < 4.78 is 70.3. The summed E-state index contributed by atoms with van der Waals surface area (Å²) in [4.78, 5) is 14.4. The first-order valence-corrected chi connectivity index (χ1v) is 18.2.